The summed E-state index contributed by atoms with van der Waals surface area (Å²) in [4.78, 5) is 12.4. The molecule has 0 spiro atoms. The van der Waals surface area contributed by atoms with Crippen molar-refractivity contribution < 1.29 is 14.3 Å². The average Bonchev–Trinajstić information content (AvgIpc) is 3.37. The van der Waals surface area contributed by atoms with Crippen molar-refractivity contribution in [1.82, 2.24) is 5.32 Å². The Morgan fingerprint density at radius 1 is 1.13 bits per heavy atom. The van der Waals surface area contributed by atoms with Crippen LogP contribution in [-0.2, 0) is 10.2 Å². The Bertz CT molecular complexity index is 683. The second-order valence-electron chi connectivity index (χ2n) is 6.03. The van der Waals surface area contributed by atoms with Crippen molar-refractivity contribution in [2.45, 2.75) is 30.8 Å². The van der Waals surface area contributed by atoms with Crippen molar-refractivity contribution in [3.05, 3.63) is 71.5 Å². The number of nitrogens with one attached hydrogen (secondary N) is 1. The first-order valence-corrected chi connectivity index (χ1v) is 7.90. The Balaban J connectivity index is 1.57. The smallest absolute Gasteiger partial charge is 0.230 e. The highest BCUT2D eigenvalue weighted by molar-refractivity contribution is 5.91. The second kappa shape index (κ2) is 6.50. The van der Waals surface area contributed by atoms with E-state index in [1.54, 1.807) is 18.2 Å². The molecule has 1 aliphatic carbocycles. The van der Waals surface area contributed by atoms with E-state index in [1.807, 2.05) is 30.3 Å². The van der Waals surface area contributed by atoms with Crippen molar-refractivity contribution in [2.75, 3.05) is 6.54 Å². The zero-order chi connectivity index (χ0) is 16.3. The quantitative estimate of drug-likeness (QED) is 0.861. The van der Waals surface area contributed by atoms with Crippen LogP contribution in [0.15, 0.2) is 54.6 Å². The molecular formula is C19H20FNO2. The molecule has 3 rings (SSSR count). The lowest BCUT2D eigenvalue weighted by atomic mass is 9.94. The maximum atomic E-state index is 13.9. The third-order valence-corrected chi connectivity index (χ3v) is 4.46. The van der Waals surface area contributed by atoms with Crippen LogP contribution in [0.3, 0.4) is 0 Å². The van der Waals surface area contributed by atoms with Gasteiger partial charge in [-0.1, -0.05) is 48.5 Å². The summed E-state index contributed by atoms with van der Waals surface area (Å²) in [6.07, 6.45) is 1.16. The van der Waals surface area contributed by atoms with Crippen LogP contribution in [0.4, 0.5) is 4.39 Å². The molecule has 2 N–H and O–H groups in total. The van der Waals surface area contributed by atoms with Crippen molar-refractivity contribution in [1.29, 1.82) is 0 Å². The Labute approximate surface area is 135 Å². The van der Waals surface area contributed by atoms with Crippen LogP contribution < -0.4 is 5.32 Å². The molecular weight excluding hydrogens is 293 g/mol. The number of hydrogen-bond donors (Lipinski definition) is 2. The van der Waals surface area contributed by atoms with Gasteiger partial charge in [0.15, 0.2) is 0 Å². The van der Waals surface area contributed by atoms with Crippen LogP contribution >= 0.6 is 0 Å². The predicted molar refractivity (Wildman–Crippen MR) is 86.3 cm³/mol. The molecule has 23 heavy (non-hydrogen) atoms. The predicted octanol–water partition coefficient (Wildman–Crippen LogP) is 3.10. The largest absolute Gasteiger partial charge is 0.388 e. The van der Waals surface area contributed by atoms with Gasteiger partial charge in [-0.2, -0.15) is 0 Å². The minimum absolute atomic E-state index is 0.150. The molecule has 0 bridgehead atoms. The molecule has 1 aliphatic rings. The SMILES string of the molecule is O=C(NCCC(O)c1ccccc1)C1(c2ccccc2F)CC1. The lowest BCUT2D eigenvalue weighted by molar-refractivity contribution is -0.123. The van der Waals surface area contributed by atoms with E-state index in [4.69, 9.17) is 0 Å². The first-order valence-electron chi connectivity index (χ1n) is 7.90. The molecule has 1 unspecified atom stereocenters. The van der Waals surface area contributed by atoms with Crippen LogP contribution in [-0.4, -0.2) is 17.6 Å². The van der Waals surface area contributed by atoms with E-state index >= 15 is 0 Å². The van der Waals surface area contributed by atoms with Gasteiger partial charge in [-0.25, -0.2) is 4.39 Å². The normalized spacial score (nSPS) is 16.6. The Kier molecular flexibility index (Phi) is 4.44. The van der Waals surface area contributed by atoms with Gasteiger partial charge in [0.1, 0.15) is 5.82 Å². The van der Waals surface area contributed by atoms with Crippen molar-refractivity contribution >= 4 is 5.91 Å². The zero-order valence-corrected chi connectivity index (χ0v) is 12.8. The van der Waals surface area contributed by atoms with E-state index in [1.165, 1.54) is 6.07 Å². The van der Waals surface area contributed by atoms with Crippen LogP contribution in [0, 0.1) is 5.82 Å². The Morgan fingerprint density at radius 3 is 2.43 bits per heavy atom. The summed E-state index contributed by atoms with van der Waals surface area (Å²) in [7, 11) is 0. The standard InChI is InChI=1S/C19H20FNO2/c20-16-9-5-4-8-15(16)19(11-12-19)18(23)21-13-10-17(22)14-6-2-1-3-7-14/h1-9,17,22H,10-13H2,(H,21,23). The van der Waals surface area contributed by atoms with Gasteiger partial charge in [0, 0.05) is 12.1 Å². The van der Waals surface area contributed by atoms with Gasteiger partial charge in [-0.05, 0) is 30.9 Å². The molecule has 0 saturated heterocycles. The van der Waals surface area contributed by atoms with Crippen molar-refractivity contribution in [3.8, 4) is 0 Å². The molecule has 0 radical (unpaired) electrons. The zero-order valence-electron chi connectivity index (χ0n) is 12.8. The average molecular weight is 313 g/mol. The monoisotopic (exact) mass is 313 g/mol. The molecule has 0 heterocycles. The van der Waals surface area contributed by atoms with Gasteiger partial charge in [-0.15, -0.1) is 0 Å². The van der Waals surface area contributed by atoms with E-state index in [0.717, 1.165) is 5.56 Å². The number of carbonyl (C=O) groups is 1. The van der Waals surface area contributed by atoms with Crippen LogP contribution in [0.5, 0.6) is 0 Å². The third-order valence-electron chi connectivity index (χ3n) is 4.46. The highest BCUT2D eigenvalue weighted by Gasteiger charge is 2.52. The van der Waals surface area contributed by atoms with Gasteiger partial charge in [0.25, 0.3) is 0 Å². The minimum atomic E-state index is -0.719. The van der Waals surface area contributed by atoms with E-state index in [9.17, 15) is 14.3 Å². The fraction of sp³-hybridized carbons (Fsp3) is 0.316. The maximum absolute atomic E-state index is 13.9. The minimum Gasteiger partial charge on any atom is -0.388 e. The van der Waals surface area contributed by atoms with Crippen LogP contribution in [0.2, 0.25) is 0 Å². The van der Waals surface area contributed by atoms with E-state index in [0.29, 0.717) is 31.4 Å². The molecule has 0 aromatic heterocycles. The molecule has 1 fully saturated rings. The summed E-state index contributed by atoms with van der Waals surface area (Å²) in [6, 6.07) is 15.8. The van der Waals surface area contributed by atoms with Crippen LogP contribution in [0.25, 0.3) is 0 Å². The summed E-state index contributed by atoms with van der Waals surface area (Å²) in [5.74, 6) is -0.479. The molecule has 3 nitrogen and oxygen atoms in total. The molecule has 1 saturated carbocycles. The van der Waals surface area contributed by atoms with E-state index in [-0.39, 0.29) is 11.7 Å². The number of carbonyl (C=O) groups excluding carboxylic acids is 1. The molecule has 4 heteroatoms. The van der Waals surface area contributed by atoms with Crippen LogP contribution in [0.1, 0.15) is 36.5 Å². The summed E-state index contributed by atoms with van der Waals surface area (Å²) in [5.41, 5.74) is 0.585. The lowest BCUT2D eigenvalue weighted by Gasteiger charge is -2.17. The topological polar surface area (TPSA) is 49.3 Å². The first-order chi connectivity index (χ1) is 11.1. The van der Waals surface area contributed by atoms with Crippen molar-refractivity contribution in [3.63, 3.8) is 0 Å². The highest BCUT2D eigenvalue weighted by atomic mass is 19.1. The van der Waals surface area contributed by atoms with E-state index < -0.39 is 11.5 Å². The van der Waals surface area contributed by atoms with Gasteiger partial charge >= 0.3 is 0 Å². The number of amides is 1. The Morgan fingerprint density at radius 2 is 1.78 bits per heavy atom. The number of benzene rings is 2. The first kappa shape index (κ1) is 15.7. The summed E-state index contributed by atoms with van der Waals surface area (Å²) in [6.45, 7) is 0.366. The Hall–Kier alpha value is -2.20. The summed E-state index contributed by atoms with van der Waals surface area (Å²) >= 11 is 0. The second-order valence-corrected chi connectivity index (χ2v) is 6.03. The summed E-state index contributed by atoms with van der Waals surface area (Å²) in [5, 5.41) is 12.9. The number of hydrogen-bond acceptors (Lipinski definition) is 2. The molecule has 2 aromatic carbocycles. The number of aliphatic hydroxyl groups is 1. The molecule has 0 aliphatic heterocycles. The number of aliphatic hydroxyl groups excluding tert-OH is 1. The van der Waals surface area contributed by atoms with Gasteiger partial charge < -0.3 is 10.4 Å². The molecule has 1 amide bonds. The molecule has 120 valence electrons. The fourth-order valence-electron chi connectivity index (χ4n) is 2.93. The van der Waals surface area contributed by atoms with Crippen molar-refractivity contribution in [2.24, 2.45) is 0 Å². The maximum Gasteiger partial charge on any atom is 0.230 e. The van der Waals surface area contributed by atoms with Gasteiger partial charge in [0.05, 0.1) is 11.5 Å². The molecule has 1 atom stereocenters. The number of rotatable bonds is 6. The lowest BCUT2D eigenvalue weighted by Crippen LogP contribution is -2.36. The third kappa shape index (κ3) is 3.27. The fourth-order valence-corrected chi connectivity index (χ4v) is 2.93. The molecule has 2 aromatic rings. The summed E-state index contributed by atoms with van der Waals surface area (Å²) < 4.78 is 13.9. The highest BCUT2D eigenvalue weighted by Crippen LogP contribution is 2.49. The van der Waals surface area contributed by atoms with E-state index in [2.05, 4.69) is 5.32 Å². The van der Waals surface area contributed by atoms with Gasteiger partial charge in [0.2, 0.25) is 5.91 Å². The van der Waals surface area contributed by atoms with Gasteiger partial charge in [-0.3, -0.25) is 4.79 Å². The number of halogens is 1.